The van der Waals surface area contributed by atoms with Gasteiger partial charge in [0.05, 0.1) is 3.79 Å². The minimum atomic E-state index is 0.619. The summed E-state index contributed by atoms with van der Waals surface area (Å²) in [5, 5.41) is 0. The molecule has 0 saturated carbocycles. The molecule has 0 radical (unpaired) electrons. The van der Waals surface area contributed by atoms with E-state index in [-0.39, 0.29) is 0 Å². The maximum absolute atomic E-state index is 5.78. The van der Waals surface area contributed by atoms with E-state index in [4.69, 9.17) is 4.74 Å². The van der Waals surface area contributed by atoms with Crippen LogP contribution in [0.25, 0.3) is 0 Å². The van der Waals surface area contributed by atoms with Crippen molar-refractivity contribution in [3.8, 4) is 5.75 Å². The Morgan fingerprint density at radius 3 is 2.69 bits per heavy atom. The third-order valence-electron chi connectivity index (χ3n) is 2.15. The van der Waals surface area contributed by atoms with Gasteiger partial charge in [0.2, 0.25) is 0 Å². The van der Waals surface area contributed by atoms with Gasteiger partial charge in [-0.05, 0) is 52.7 Å². The second kappa shape index (κ2) is 5.34. The van der Waals surface area contributed by atoms with Crippen molar-refractivity contribution in [1.29, 1.82) is 0 Å². The van der Waals surface area contributed by atoms with Gasteiger partial charge in [-0.15, -0.1) is 11.3 Å². The summed E-state index contributed by atoms with van der Waals surface area (Å²) in [7, 11) is 0. The van der Waals surface area contributed by atoms with Crippen LogP contribution in [0.2, 0.25) is 0 Å². The molecule has 0 aliphatic rings. The van der Waals surface area contributed by atoms with E-state index in [1.54, 1.807) is 11.3 Å². The highest BCUT2D eigenvalue weighted by molar-refractivity contribution is 9.11. The van der Waals surface area contributed by atoms with Crippen molar-refractivity contribution in [3.63, 3.8) is 0 Å². The van der Waals surface area contributed by atoms with E-state index in [1.165, 1.54) is 4.88 Å². The first-order chi connectivity index (χ1) is 7.65. The van der Waals surface area contributed by atoms with Crippen LogP contribution < -0.4 is 4.74 Å². The van der Waals surface area contributed by atoms with Crippen LogP contribution in [0.1, 0.15) is 10.4 Å². The largest absolute Gasteiger partial charge is 0.488 e. The summed E-state index contributed by atoms with van der Waals surface area (Å²) in [6, 6.07) is 10.2. The molecule has 1 aromatic heterocycles. The monoisotopic (exact) mass is 360 g/mol. The van der Waals surface area contributed by atoms with Crippen molar-refractivity contribution in [2.75, 3.05) is 0 Å². The predicted molar refractivity (Wildman–Crippen MR) is 75.2 cm³/mol. The highest BCUT2D eigenvalue weighted by Gasteiger charge is 2.02. The van der Waals surface area contributed by atoms with Crippen molar-refractivity contribution >= 4 is 43.2 Å². The zero-order valence-corrected chi connectivity index (χ0v) is 12.7. The van der Waals surface area contributed by atoms with E-state index in [0.717, 1.165) is 19.6 Å². The topological polar surface area (TPSA) is 9.23 Å². The molecule has 4 heteroatoms. The molecule has 0 bridgehead atoms. The molecule has 1 nitrogen and oxygen atoms in total. The van der Waals surface area contributed by atoms with Gasteiger partial charge in [-0.2, -0.15) is 0 Å². The number of hydrogen-bond acceptors (Lipinski definition) is 2. The zero-order chi connectivity index (χ0) is 11.5. The fraction of sp³-hybridized carbons (Fsp3) is 0.167. The summed E-state index contributed by atoms with van der Waals surface area (Å²) in [5.41, 5.74) is 1.15. The summed E-state index contributed by atoms with van der Waals surface area (Å²) < 4.78 is 7.95. The van der Waals surface area contributed by atoms with Gasteiger partial charge in [0, 0.05) is 9.35 Å². The Labute approximate surface area is 116 Å². The van der Waals surface area contributed by atoms with Crippen LogP contribution in [0.5, 0.6) is 5.75 Å². The molecule has 0 fully saturated rings. The Bertz CT molecular complexity index is 494. The van der Waals surface area contributed by atoms with E-state index < -0.39 is 0 Å². The third kappa shape index (κ3) is 3.09. The average Bonchev–Trinajstić information content (AvgIpc) is 2.66. The molecular weight excluding hydrogens is 352 g/mol. The Morgan fingerprint density at radius 1 is 1.19 bits per heavy atom. The predicted octanol–water partition coefficient (Wildman–Crippen LogP) is 5.16. The number of thiophene rings is 1. The molecule has 0 unspecified atom stereocenters. The number of ether oxygens (including phenoxy) is 1. The van der Waals surface area contributed by atoms with Gasteiger partial charge < -0.3 is 4.74 Å². The van der Waals surface area contributed by atoms with Crippen LogP contribution in [-0.4, -0.2) is 0 Å². The molecule has 84 valence electrons. The molecule has 0 aliphatic heterocycles. The molecule has 16 heavy (non-hydrogen) atoms. The lowest BCUT2D eigenvalue weighted by molar-refractivity contribution is 0.307. The maximum atomic E-state index is 5.78. The smallest absolute Gasteiger partial charge is 0.123 e. The molecule has 1 aromatic carbocycles. The normalized spacial score (nSPS) is 10.4. The number of rotatable bonds is 3. The quantitative estimate of drug-likeness (QED) is 0.733. The highest BCUT2D eigenvalue weighted by Crippen LogP contribution is 2.26. The molecule has 1 heterocycles. The molecule has 2 rings (SSSR count). The van der Waals surface area contributed by atoms with Crippen molar-refractivity contribution in [2.45, 2.75) is 13.5 Å². The van der Waals surface area contributed by atoms with Crippen molar-refractivity contribution < 1.29 is 4.74 Å². The van der Waals surface area contributed by atoms with E-state index in [9.17, 15) is 0 Å². The van der Waals surface area contributed by atoms with Gasteiger partial charge in [0.15, 0.2) is 0 Å². The highest BCUT2D eigenvalue weighted by atomic mass is 79.9. The fourth-order valence-electron chi connectivity index (χ4n) is 1.31. The van der Waals surface area contributed by atoms with Gasteiger partial charge in [-0.1, -0.05) is 22.0 Å². The minimum Gasteiger partial charge on any atom is -0.488 e. The Morgan fingerprint density at radius 2 is 2.00 bits per heavy atom. The third-order valence-corrected chi connectivity index (χ3v) is 4.24. The Balaban J connectivity index is 2.07. The summed E-state index contributed by atoms with van der Waals surface area (Å²) >= 11 is 8.58. The van der Waals surface area contributed by atoms with Crippen molar-refractivity contribution in [3.05, 3.63) is 49.0 Å². The Hall–Kier alpha value is -0.320. The first-order valence-corrected chi connectivity index (χ1v) is 7.18. The minimum absolute atomic E-state index is 0.619. The summed E-state index contributed by atoms with van der Waals surface area (Å²) in [4.78, 5) is 1.21. The van der Waals surface area contributed by atoms with Gasteiger partial charge >= 0.3 is 0 Å². The molecule has 0 atom stereocenters. The fourth-order valence-corrected chi connectivity index (χ4v) is 3.04. The zero-order valence-electron chi connectivity index (χ0n) is 8.67. The van der Waals surface area contributed by atoms with E-state index >= 15 is 0 Å². The molecule has 0 N–H and O–H groups in total. The lowest BCUT2D eigenvalue weighted by atomic mass is 10.2. The summed E-state index contributed by atoms with van der Waals surface area (Å²) in [6.45, 7) is 2.67. The van der Waals surface area contributed by atoms with E-state index in [2.05, 4.69) is 37.9 Å². The van der Waals surface area contributed by atoms with Crippen LogP contribution in [0.4, 0.5) is 0 Å². The number of benzene rings is 1. The van der Waals surface area contributed by atoms with Gasteiger partial charge in [-0.3, -0.25) is 0 Å². The van der Waals surface area contributed by atoms with Crippen LogP contribution in [0.15, 0.2) is 38.6 Å². The second-order valence-corrected chi connectivity index (χ2v) is 6.87. The van der Waals surface area contributed by atoms with Crippen LogP contribution in [0.3, 0.4) is 0 Å². The van der Waals surface area contributed by atoms with E-state index in [1.807, 2.05) is 31.2 Å². The molecule has 0 saturated heterocycles. The lowest BCUT2D eigenvalue weighted by Gasteiger charge is -2.08. The lowest BCUT2D eigenvalue weighted by Crippen LogP contribution is -1.94. The second-order valence-electron chi connectivity index (χ2n) is 3.40. The number of halogens is 2. The first-order valence-electron chi connectivity index (χ1n) is 4.78. The van der Waals surface area contributed by atoms with Crippen LogP contribution in [0, 0.1) is 6.92 Å². The van der Waals surface area contributed by atoms with Crippen molar-refractivity contribution in [1.82, 2.24) is 0 Å². The van der Waals surface area contributed by atoms with Crippen molar-refractivity contribution in [2.24, 2.45) is 0 Å². The molecule has 0 amide bonds. The first kappa shape index (κ1) is 12.1. The standard InChI is InChI=1S/C12H10Br2OS/c1-8-2-3-9(13)6-11(8)15-7-10-4-5-12(14)16-10/h2-6H,7H2,1H3. The van der Waals surface area contributed by atoms with Gasteiger partial charge in [0.25, 0.3) is 0 Å². The van der Waals surface area contributed by atoms with Crippen LogP contribution in [-0.2, 0) is 6.61 Å². The Kier molecular flexibility index (Phi) is 4.05. The number of aryl methyl sites for hydroxylation is 1. The summed E-state index contributed by atoms with van der Waals surface area (Å²) in [5.74, 6) is 0.930. The van der Waals surface area contributed by atoms with Gasteiger partial charge in [-0.25, -0.2) is 0 Å². The molecule has 2 aromatic rings. The van der Waals surface area contributed by atoms with E-state index in [0.29, 0.717) is 6.61 Å². The SMILES string of the molecule is Cc1ccc(Br)cc1OCc1ccc(Br)s1. The molecule has 0 aliphatic carbocycles. The molecule has 0 spiro atoms. The summed E-state index contributed by atoms with van der Waals surface area (Å²) in [6.07, 6.45) is 0. The van der Waals surface area contributed by atoms with Crippen LogP contribution >= 0.6 is 43.2 Å². The van der Waals surface area contributed by atoms with Gasteiger partial charge in [0.1, 0.15) is 12.4 Å². The molecular formula is C12H10Br2OS. The number of hydrogen-bond donors (Lipinski definition) is 0. The average molecular weight is 362 g/mol. The maximum Gasteiger partial charge on any atom is 0.123 e.